The van der Waals surface area contributed by atoms with E-state index in [0.29, 0.717) is 23.9 Å². The van der Waals surface area contributed by atoms with Crippen LogP contribution in [0, 0.1) is 6.92 Å². The van der Waals surface area contributed by atoms with Crippen LogP contribution in [0.2, 0.25) is 0 Å². The fourth-order valence-corrected chi connectivity index (χ4v) is 2.88. The van der Waals surface area contributed by atoms with E-state index in [1.165, 1.54) is 0 Å². The Balaban J connectivity index is 1.92. The summed E-state index contributed by atoms with van der Waals surface area (Å²) in [5.74, 6) is 0.199. The smallest absolute Gasteiger partial charge is 0.182 e. The second-order valence-corrected chi connectivity index (χ2v) is 6.66. The van der Waals surface area contributed by atoms with Gasteiger partial charge < -0.3 is 15.5 Å². The highest BCUT2D eigenvalue weighted by atomic mass is 16.3. The van der Waals surface area contributed by atoms with E-state index in [1.54, 1.807) is 24.3 Å². The minimum absolute atomic E-state index is 0.199. The molecule has 0 aliphatic carbocycles. The fourth-order valence-electron chi connectivity index (χ4n) is 2.88. The molecule has 138 valence electrons. The maximum absolute atomic E-state index is 10.7. The van der Waals surface area contributed by atoms with Crippen molar-refractivity contribution in [2.45, 2.75) is 33.0 Å². The average molecular weight is 355 g/mol. The molecule has 0 amide bonds. The van der Waals surface area contributed by atoms with Gasteiger partial charge in [0.05, 0.1) is 5.69 Å². The summed E-state index contributed by atoms with van der Waals surface area (Å²) in [6.07, 6.45) is -0.832. The molecular weight excluding hydrogens is 330 g/mol. The number of aromatic hydroxyl groups is 1. The Morgan fingerprint density at radius 2 is 1.81 bits per heavy atom. The third kappa shape index (κ3) is 4.01. The molecule has 7 nitrogen and oxygen atoms in total. The summed E-state index contributed by atoms with van der Waals surface area (Å²) in [5.41, 5.74) is 3.69. The predicted octanol–water partition coefficient (Wildman–Crippen LogP) is 2.22. The zero-order valence-electron chi connectivity index (χ0n) is 15.2. The molecule has 3 rings (SSSR count). The van der Waals surface area contributed by atoms with Crippen LogP contribution in [0.5, 0.6) is 5.75 Å². The first-order valence-corrected chi connectivity index (χ1v) is 8.75. The molecule has 0 aliphatic rings. The first kappa shape index (κ1) is 18.3. The first-order chi connectivity index (χ1) is 12.5. The number of pyridine rings is 1. The summed E-state index contributed by atoms with van der Waals surface area (Å²) in [5, 5.41) is 34.6. The zero-order chi connectivity index (χ0) is 18.7. The number of aryl methyl sites for hydroxylation is 1. The lowest BCUT2D eigenvalue weighted by Gasteiger charge is -2.16. The molecule has 1 unspecified atom stereocenters. The van der Waals surface area contributed by atoms with Gasteiger partial charge in [-0.3, -0.25) is 10.4 Å². The standard InChI is InChI=1S/C19H25N5O2/c1-11(2)20-8-9-21-19(26)15-10-16(13-4-6-14(25)7-5-13)22-18-17(15)12(3)23-24-18/h4-7,10-11,19-21,25-26H,8-9H2,1-3H3,(H,22,23,24). The van der Waals surface area contributed by atoms with E-state index in [0.717, 1.165) is 28.8 Å². The Morgan fingerprint density at radius 1 is 1.12 bits per heavy atom. The molecule has 1 atom stereocenters. The van der Waals surface area contributed by atoms with Crippen molar-refractivity contribution in [1.82, 2.24) is 25.8 Å². The van der Waals surface area contributed by atoms with E-state index in [9.17, 15) is 10.2 Å². The highest BCUT2D eigenvalue weighted by Gasteiger charge is 2.18. The number of nitrogens with zero attached hydrogens (tertiary/aromatic N) is 2. The molecule has 0 fully saturated rings. The van der Waals surface area contributed by atoms with Gasteiger partial charge in [-0.2, -0.15) is 5.10 Å². The highest BCUT2D eigenvalue weighted by Crippen LogP contribution is 2.29. The Labute approximate surface area is 152 Å². The molecule has 0 saturated carbocycles. The minimum atomic E-state index is -0.832. The quantitative estimate of drug-likeness (QED) is 0.329. The van der Waals surface area contributed by atoms with Gasteiger partial charge >= 0.3 is 0 Å². The van der Waals surface area contributed by atoms with Crippen molar-refractivity contribution in [3.63, 3.8) is 0 Å². The van der Waals surface area contributed by atoms with E-state index < -0.39 is 6.23 Å². The topological polar surface area (TPSA) is 106 Å². The van der Waals surface area contributed by atoms with Crippen molar-refractivity contribution in [1.29, 1.82) is 0 Å². The number of aromatic nitrogens is 3. The number of aliphatic hydroxyl groups excluding tert-OH is 1. The van der Waals surface area contributed by atoms with Crippen molar-refractivity contribution in [2.75, 3.05) is 13.1 Å². The normalized spacial score (nSPS) is 12.8. The lowest BCUT2D eigenvalue weighted by Crippen LogP contribution is -2.33. The maximum Gasteiger partial charge on any atom is 0.182 e. The van der Waals surface area contributed by atoms with Gasteiger partial charge in [-0.05, 0) is 37.3 Å². The number of benzene rings is 1. The molecule has 0 radical (unpaired) electrons. The Kier molecular flexibility index (Phi) is 5.51. The van der Waals surface area contributed by atoms with Crippen LogP contribution in [-0.4, -0.2) is 44.5 Å². The molecule has 5 N–H and O–H groups in total. The third-order valence-electron chi connectivity index (χ3n) is 4.21. The third-order valence-corrected chi connectivity index (χ3v) is 4.21. The maximum atomic E-state index is 10.7. The highest BCUT2D eigenvalue weighted by molar-refractivity contribution is 5.85. The summed E-state index contributed by atoms with van der Waals surface area (Å²) in [6, 6.07) is 9.08. The average Bonchev–Trinajstić information content (AvgIpc) is 2.99. The second kappa shape index (κ2) is 7.82. The number of phenolic OH excluding ortho intramolecular Hbond substituents is 1. The monoisotopic (exact) mass is 355 g/mol. The SMILES string of the molecule is Cc1[nH]nc2nc(-c3ccc(O)cc3)cc(C(O)NCCNC(C)C)c12. The van der Waals surface area contributed by atoms with E-state index >= 15 is 0 Å². The molecule has 0 spiro atoms. The van der Waals surface area contributed by atoms with Crippen molar-refractivity contribution in [3.8, 4) is 17.0 Å². The molecule has 7 heteroatoms. The van der Waals surface area contributed by atoms with Gasteiger partial charge in [-0.1, -0.05) is 13.8 Å². The fraction of sp³-hybridized carbons (Fsp3) is 0.368. The predicted molar refractivity (Wildman–Crippen MR) is 102 cm³/mol. The first-order valence-electron chi connectivity index (χ1n) is 8.75. The molecule has 0 bridgehead atoms. The zero-order valence-corrected chi connectivity index (χ0v) is 15.2. The molecule has 2 heterocycles. The van der Waals surface area contributed by atoms with E-state index in [1.807, 2.05) is 13.0 Å². The Hall–Kier alpha value is -2.48. The number of nitrogens with one attached hydrogen (secondary N) is 3. The van der Waals surface area contributed by atoms with Crippen LogP contribution in [0.1, 0.15) is 31.3 Å². The van der Waals surface area contributed by atoms with Gasteiger partial charge in [0.1, 0.15) is 12.0 Å². The molecule has 0 saturated heterocycles. The van der Waals surface area contributed by atoms with Gasteiger partial charge in [0.25, 0.3) is 0 Å². The van der Waals surface area contributed by atoms with Gasteiger partial charge in [-0.15, -0.1) is 0 Å². The van der Waals surface area contributed by atoms with Crippen LogP contribution in [0.3, 0.4) is 0 Å². The van der Waals surface area contributed by atoms with Crippen molar-refractivity contribution in [3.05, 3.63) is 41.6 Å². The number of phenols is 1. The van der Waals surface area contributed by atoms with Crippen LogP contribution >= 0.6 is 0 Å². The molecular formula is C19H25N5O2. The van der Waals surface area contributed by atoms with Gasteiger partial charge in [-0.25, -0.2) is 4.98 Å². The summed E-state index contributed by atoms with van der Waals surface area (Å²) >= 11 is 0. The summed E-state index contributed by atoms with van der Waals surface area (Å²) in [6.45, 7) is 7.48. The number of hydrogen-bond acceptors (Lipinski definition) is 6. The minimum Gasteiger partial charge on any atom is -0.508 e. The number of aromatic amines is 1. The largest absolute Gasteiger partial charge is 0.508 e. The number of H-pyrrole nitrogens is 1. The molecule has 1 aromatic carbocycles. The summed E-state index contributed by atoms with van der Waals surface area (Å²) in [4.78, 5) is 4.58. The molecule has 3 aromatic rings. The summed E-state index contributed by atoms with van der Waals surface area (Å²) < 4.78 is 0. The van der Waals surface area contributed by atoms with Crippen molar-refractivity contribution < 1.29 is 10.2 Å². The Morgan fingerprint density at radius 3 is 2.50 bits per heavy atom. The van der Waals surface area contributed by atoms with Gasteiger partial charge in [0.2, 0.25) is 0 Å². The number of fused-ring (bicyclic) bond motifs is 1. The van der Waals surface area contributed by atoms with Crippen molar-refractivity contribution in [2.24, 2.45) is 0 Å². The van der Waals surface area contributed by atoms with Crippen LogP contribution in [-0.2, 0) is 0 Å². The number of aliphatic hydroxyl groups is 1. The number of rotatable bonds is 7. The second-order valence-electron chi connectivity index (χ2n) is 6.66. The molecule has 0 aliphatic heterocycles. The van der Waals surface area contributed by atoms with E-state index in [4.69, 9.17) is 0 Å². The van der Waals surface area contributed by atoms with Gasteiger partial charge in [0.15, 0.2) is 5.65 Å². The lowest BCUT2D eigenvalue weighted by molar-refractivity contribution is 0.141. The lowest BCUT2D eigenvalue weighted by atomic mass is 10.0. The van der Waals surface area contributed by atoms with Crippen molar-refractivity contribution >= 4 is 11.0 Å². The van der Waals surface area contributed by atoms with E-state index in [2.05, 4.69) is 39.7 Å². The van der Waals surface area contributed by atoms with Crippen LogP contribution in [0.4, 0.5) is 0 Å². The molecule has 26 heavy (non-hydrogen) atoms. The molecule has 2 aromatic heterocycles. The van der Waals surface area contributed by atoms with Crippen LogP contribution < -0.4 is 10.6 Å². The van der Waals surface area contributed by atoms with Crippen LogP contribution in [0.25, 0.3) is 22.3 Å². The van der Waals surface area contributed by atoms with E-state index in [-0.39, 0.29) is 5.75 Å². The summed E-state index contributed by atoms with van der Waals surface area (Å²) in [7, 11) is 0. The number of hydrogen-bond donors (Lipinski definition) is 5. The van der Waals surface area contributed by atoms with Gasteiger partial charge in [0, 0.05) is 41.3 Å². The van der Waals surface area contributed by atoms with Crippen LogP contribution in [0.15, 0.2) is 30.3 Å². The Bertz CT molecular complexity index is 874.